The maximum atomic E-state index is 13.3. The van der Waals surface area contributed by atoms with Gasteiger partial charge in [0.2, 0.25) is 14.8 Å². The van der Waals surface area contributed by atoms with Gasteiger partial charge in [0.05, 0.1) is 11.5 Å². The number of hydrogen-bond acceptors (Lipinski definition) is 4. The minimum Gasteiger partial charge on any atom is -0.414 e. The second-order valence-corrected chi connectivity index (χ2v) is 15.7. The van der Waals surface area contributed by atoms with E-state index in [0.29, 0.717) is 17.9 Å². The molecule has 0 radical (unpaired) electrons. The largest absolute Gasteiger partial charge is 0.414 e. The van der Waals surface area contributed by atoms with Crippen molar-refractivity contribution in [3.8, 4) is 0 Å². The molecule has 2 rings (SSSR count). The Morgan fingerprint density at radius 3 is 2.31 bits per heavy atom. The van der Waals surface area contributed by atoms with E-state index in [2.05, 4.69) is 40.8 Å². The molecular formula is C20H34O4SSi. The molecule has 1 aliphatic rings. The van der Waals surface area contributed by atoms with E-state index in [0.717, 1.165) is 19.3 Å². The van der Waals surface area contributed by atoms with E-state index in [-0.39, 0.29) is 11.1 Å². The Hall–Kier alpha value is -0.693. The minimum absolute atomic E-state index is 0.0884. The lowest BCUT2D eigenvalue weighted by molar-refractivity contribution is 0.239. The number of benzene rings is 1. The molecule has 0 amide bonds. The third-order valence-corrected chi connectivity index (χ3v) is 12.7. The quantitative estimate of drug-likeness (QED) is 0.328. The molecule has 0 aromatic heterocycles. The van der Waals surface area contributed by atoms with Crippen LogP contribution in [-0.4, -0.2) is 34.4 Å². The highest BCUT2D eigenvalue weighted by Gasteiger charge is 2.66. The van der Waals surface area contributed by atoms with Crippen LogP contribution >= 0.6 is 0 Å². The Morgan fingerprint density at radius 1 is 1.15 bits per heavy atom. The summed E-state index contributed by atoms with van der Waals surface area (Å²) in [6.45, 7) is 13.4. The highest BCUT2D eigenvalue weighted by Crippen LogP contribution is 2.50. The molecular weight excluding hydrogens is 364 g/mol. The third kappa shape index (κ3) is 4.24. The lowest BCUT2D eigenvalue weighted by Gasteiger charge is -2.36. The smallest absolute Gasteiger partial charge is 0.210 e. The van der Waals surface area contributed by atoms with Gasteiger partial charge in [0, 0.05) is 0 Å². The first kappa shape index (κ1) is 21.6. The van der Waals surface area contributed by atoms with Crippen molar-refractivity contribution in [1.29, 1.82) is 0 Å². The molecule has 1 heterocycles. The van der Waals surface area contributed by atoms with Crippen LogP contribution < -0.4 is 0 Å². The summed E-state index contributed by atoms with van der Waals surface area (Å²) in [4.78, 5) is -0.780. The molecule has 1 aromatic rings. The minimum atomic E-state index is -3.55. The zero-order valence-electron chi connectivity index (χ0n) is 17.0. The summed E-state index contributed by atoms with van der Waals surface area (Å²) >= 11 is 0. The summed E-state index contributed by atoms with van der Waals surface area (Å²) < 4.78 is 38.7. The van der Waals surface area contributed by atoms with Gasteiger partial charge in [-0.15, -0.1) is 0 Å². The molecule has 1 fully saturated rings. The highest BCUT2D eigenvalue weighted by molar-refractivity contribution is 7.93. The van der Waals surface area contributed by atoms with Gasteiger partial charge in [-0.1, -0.05) is 58.7 Å². The number of hydrogen-bond donors (Lipinski definition) is 0. The Labute approximate surface area is 160 Å². The first-order valence-electron chi connectivity index (χ1n) is 9.59. The monoisotopic (exact) mass is 398 g/mol. The molecule has 1 aromatic carbocycles. The van der Waals surface area contributed by atoms with E-state index in [4.69, 9.17) is 9.16 Å². The molecule has 1 saturated heterocycles. The Balaban J connectivity index is 2.19. The molecule has 6 heteroatoms. The van der Waals surface area contributed by atoms with Crippen LogP contribution in [-0.2, 0) is 19.0 Å². The van der Waals surface area contributed by atoms with Crippen LogP contribution in [0.4, 0.5) is 0 Å². The van der Waals surface area contributed by atoms with Crippen molar-refractivity contribution >= 4 is 18.2 Å². The van der Waals surface area contributed by atoms with Crippen molar-refractivity contribution in [2.75, 3.05) is 6.61 Å². The van der Waals surface area contributed by atoms with Crippen molar-refractivity contribution < 1.29 is 17.6 Å². The zero-order chi connectivity index (χ0) is 19.6. The predicted molar refractivity (Wildman–Crippen MR) is 109 cm³/mol. The highest BCUT2D eigenvalue weighted by atomic mass is 32.2. The lowest BCUT2D eigenvalue weighted by Crippen LogP contribution is -2.42. The van der Waals surface area contributed by atoms with E-state index in [1.807, 2.05) is 6.07 Å². The van der Waals surface area contributed by atoms with Crippen LogP contribution in [0.5, 0.6) is 0 Å². The second kappa shape index (κ2) is 7.74. The molecule has 0 N–H and O–H groups in total. The fraction of sp³-hybridized carbons (Fsp3) is 0.700. The fourth-order valence-corrected chi connectivity index (χ4v) is 5.87. The zero-order valence-corrected chi connectivity index (χ0v) is 18.9. The average Bonchev–Trinajstić information content (AvgIpc) is 3.28. The topological polar surface area (TPSA) is 55.9 Å². The number of ether oxygens (including phenoxy) is 1. The molecule has 0 unspecified atom stereocenters. The first-order valence-corrected chi connectivity index (χ1v) is 14.0. The average molecular weight is 399 g/mol. The van der Waals surface area contributed by atoms with Gasteiger partial charge in [0.15, 0.2) is 8.32 Å². The second-order valence-electron chi connectivity index (χ2n) is 8.76. The van der Waals surface area contributed by atoms with Gasteiger partial charge < -0.3 is 9.16 Å². The van der Waals surface area contributed by atoms with Gasteiger partial charge in [-0.3, -0.25) is 0 Å². The van der Waals surface area contributed by atoms with E-state index >= 15 is 0 Å². The number of epoxide rings is 1. The fourth-order valence-electron chi connectivity index (χ4n) is 2.88. The van der Waals surface area contributed by atoms with Crippen LogP contribution in [0.3, 0.4) is 0 Å². The van der Waals surface area contributed by atoms with Crippen LogP contribution in [0.2, 0.25) is 18.1 Å². The Morgan fingerprint density at radius 2 is 1.77 bits per heavy atom. The standard InChI is InChI=1S/C20H34O4SSi/c1-7-8-12-15-20(25(21,22)17-13-10-9-11-14-17)18(24-20)16-23-26(5,6)19(2,3)4/h9-11,13-14,18H,7-8,12,15-16H2,1-6H3/t18-,20-/m0/s1. The number of rotatable bonds is 9. The normalized spacial score (nSPS) is 23.8. The van der Waals surface area contributed by atoms with Crippen molar-refractivity contribution in [2.24, 2.45) is 0 Å². The molecule has 4 nitrogen and oxygen atoms in total. The van der Waals surface area contributed by atoms with E-state index in [1.54, 1.807) is 24.3 Å². The van der Waals surface area contributed by atoms with Gasteiger partial charge in [-0.2, -0.15) is 0 Å². The molecule has 148 valence electrons. The summed E-state index contributed by atoms with van der Waals surface area (Å²) in [7, 11) is -5.49. The number of sulfone groups is 1. The van der Waals surface area contributed by atoms with Gasteiger partial charge in [-0.05, 0) is 43.1 Å². The van der Waals surface area contributed by atoms with Crippen molar-refractivity contribution in [3.63, 3.8) is 0 Å². The summed E-state index contributed by atoms with van der Waals surface area (Å²) in [6.07, 6.45) is 3.05. The van der Waals surface area contributed by atoms with Crippen LogP contribution in [0.15, 0.2) is 35.2 Å². The summed E-state index contributed by atoms with van der Waals surface area (Å²) in [5.74, 6) is 0. The lowest BCUT2D eigenvalue weighted by atomic mass is 10.1. The van der Waals surface area contributed by atoms with E-state index < -0.39 is 23.1 Å². The third-order valence-electron chi connectivity index (χ3n) is 5.81. The molecule has 0 bridgehead atoms. The molecule has 2 atom stereocenters. The molecule has 0 aliphatic carbocycles. The maximum Gasteiger partial charge on any atom is 0.210 e. The SMILES string of the molecule is CCCCC[C@@]1(S(=O)(=O)c2ccccc2)O[C@H]1CO[Si](C)(C)C(C)(C)C. The van der Waals surface area contributed by atoms with E-state index in [9.17, 15) is 8.42 Å². The number of unbranched alkanes of at least 4 members (excludes halogenated alkanes) is 2. The van der Waals surface area contributed by atoms with Crippen LogP contribution in [0.25, 0.3) is 0 Å². The molecule has 0 spiro atoms. The van der Waals surface area contributed by atoms with Crippen molar-refractivity contribution in [2.45, 2.75) is 87.4 Å². The van der Waals surface area contributed by atoms with E-state index in [1.165, 1.54) is 0 Å². The first-order chi connectivity index (χ1) is 12.0. The maximum absolute atomic E-state index is 13.3. The van der Waals surface area contributed by atoms with Gasteiger partial charge >= 0.3 is 0 Å². The Bertz CT molecular complexity index is 694. The van der Waals surface area contributed by atoms with Crippen molar-refractivity contribution in [3.05, 3.63) is 30.3 Å². The summed E-state index contributed by atoms with van der Waals surface area (Å²) in [5, 5.41) is 0.0884. The summed E-state index contributed by atoms with van der Waals surface area (Å²) in [5.41, 5.74) is 0. The van der Waals surface area contributed by atoms with Crippen molar-refractivity contribution in [1.82, 2.24) is 0 Å². The molecule has 26 heavy (non-hydrogen) atoms. The van der Waals surface area contributed by atoms with Crippen LogP contribution in [0, 0.1) is 0 Å². The Kier molecular flexibility index (Phi) is 6.43. The van der Waals surface area contributed by atoms with Crippen LogP contribution in [0.1, 0.15) is 53.4 Å². The van der Waals surface area contributed by atoms with Gasteiger partial charge in [0.1, 0.15) is 6.10 Å². The molecule has 1 aliphatic heterocycles. The van der Waals surface area contributed by atoms with Gasteiger partial charge in [0.25, 0.3) is 0 Å². The molecule has 0 saturated carbocycles. The summed E-state index contributed by atoms with van der Waals surface area (Å²) in [6, 6.07) is 8.66. The predicted octanol–water partition coefficient (Wildman–Crippen LogP) is 5.16. The van der Waals surface area contributed by atoms with Gasteiger partial charge in [-0.25, -0.2) is 8.42 Å².